The Morgan fingerprint density at radius 1 is 1.00 bits per heavy atom. The topological polar surface area (TPSA) is 60.2 Å². The van der Waals surface area contributed by atoms with Gasteiger partial charge in [-0.2, -0.15) is 31.6 Å². The Hall–Kier alpha value is -2.93. The van der Waals surface area contributed by atoms with Gasteiger partial charge in [-0.05, 0) is 35.9 Å². The Balaban J connectivity index is 2.36. The molecule has 2 rings (SSSR count). The molecule has 4 nitrogen and oxygen atoms in total. The summed E-state index contributed by atoms with van der Waals surface area (Å²) in [5.41, 5.74) is -2.90. The first-order valence-electron chi connectivity index (χ1n) is 7.49. The van der Waals surface area contributed by atoms with Crippen LogP contribution in [0.25, 0.3) is 0 Å². The van der Waals surface area contributed by atoms with Crippen LogP contribution < -0.4 is 10.6 Å². The van der Waals surface area contributed by atoms with E-state index in [4.69, 9.17) is 16.9 Å². The predicted molar refractivity (Wildman–Crippen MR) is 91.4 cm³/mol. The summed E-state index contributed by atoms with van der Waals surface area (Å²) in [7, 11) is 0. The molecule has 0 radical (unpaired) electrons. The van der Waals surface area contributed by atoms with Crippen molar-refractivity contribution < 1.29 is 26.3 Å². The fourth-order valence-electron chi connectivity index (χ4n) is 2.13. The molecule has 11 heteroatoms. The van der Waals surface area contributed by atoms with E-state index in [0.29, 0.717) is 22.7 Å². The van der Waals surface area contributed by atoms with Crippen molar-refractivity contribution in [1.82, 2.24) is 5.32 Å². The molecule has 0 fully saturated rings. The van der Waals surface area contributed by atoms with Crippen LogP contribution in [0.5, 0.6) is 0 Å². The number of anilines is 1. The molecular formula is C17H11ClF6N4. The fraction of sp³-hybridized carbons (Fsp3) is 0.176. The highest BCUT2D eigenvalue weighted by molar-refractivity contribution is 6.30. The van der Waals surface area contributed by atoms with Crippen LogP contribution in [0.2, 0.25) is 5.02 Å². The maximum absolute atomic E-state index is 12.9. The minimum atomic E-state index is -4.99. The zero-order valence-corrected chi connectivity index (χ0v) is 14.5. The molecule has 0 aliphatic heterocycles. The van der Waals surface area contributed by atoms with Crippen molar-refractivity contribution >= 4 is 23.2 Å². The predicted octanol–water partition coefficient (Wildman–Crippen LogP) is 5.42. The maximum atomic E-state index is 12.9. The van der Waals surface area contributed by atoms with Crippen LogP contribution in [-0.4, -0.2) is 5.96 Å². The highest BCUT2D eigenvalue weighted by Gasteiger charge is 2.37. The standard InChI is InChI=1S/C17H11ClF6N4/c18-13-3-1-2-10(4-13)8-26-15(27-9-25)28-14-6-11(16(19,20)21)5-12(7-14)17(22,23)24/h1-7H,8H2,(H2,26,27,28). The average molecular weight is 421 g/mol. The Labute approximate surface area is 160 Å². The number of hydrogen-bond acceptors (Lipinski definition) is 2. The molecule has 0 aliphatic carbocycles. The average Bonchev–Trinajstić information content (AvgIpc) is 2.58. The van der Waals surface area contributed by atoms with E-state index < -0.39 is 29.2 Å². The lowest BCUT2D eigenvalue weighted by molar-refractivity contribution is -0.143. The third kappa shape index (κ3) is 6.06. The van der Waals surface area contributed by atoms with Crippen molar-refractivity contribution in [1.29, 1.82) is 5.26 Å². The molecule has 0 saturated heterocycles. The second-order valence-electron chi connectivity index (χ2n) is 5.45. The summed E-state index contributed by atoms with van der Waals surface area (Å²) in [6, 6.07) is 7.47. The van der Waals surface area contributed by atoms with Gasteiger partial charge in [0, 0.05) is 10.7 Å². The molecule has 2 N–H and O–H groups in total. The summed E-state index contributed by atoms with van der Waals surface area (Å²) >= 11 is 5.83. The molecule has 0 unspecified atom stereocenters. The van der Waals surface area contributed by atoms with Gasteiger partial charge in [-0.15, -0.1) is 0 Å². The largest absolute Gasteiger partial charge is 0.416 e. The van der Waals surface area contributed by atoms with E-state index in [9.17, 15) is 26.3 Å². The third-order valence-electron chi connectivity index (χ3n) is 3.33. The van der Waals surface area contributed by atoms with Crippen molar-refractivity contribution in [2.24, 2.45) is 4.99 Å². The van der Waals surface area contributed by atoms with Crippen LogP contribution in [0, 0.1) is 11.5 Å². The number of alkyl halides is 6. The summed E-state index contributed by atoms with van der Waals surface area (Å²) in [5, 5.41) is 13.5. The smallest absolute Gasteiger partial charge is 0.325 e. The molecular weight excluding hydrogens is 410 g/mol. The molecule has 0 aliphatic rings. The molecule has 0 bridgehead atoms. The summed E-state index contributed by atoms with van der Waals surface area (Å²) < 4.78 is 77.5. The molecule has 0 aromatic heterocycles. The molecule has 2 aromatic rings. The molecule has 0 atom stereocenters. The Bertz CT molecular complexity index is 883. The number of hydrogen-bond donors (Lipinski definition) is 2. The van der Waals surface area contributed by atoms with Gasteiger partial charge in [-0.3, -0.25) is 5.32 Å². The van der Waals surface area contributed by atoms with Crippen molar-refractivity contribution in [2.45, 2.75) is 18.9 Å². The van der Waals surface area contributed by atoms with Crippen LogP contribution in [-0.2, 0) is 18.9 Å². The van der Waals surface area contributed by atoms with Crippen molar-refractivity contribution in [3.05, 3.63) is 64.2 Å². The van der Waals surface area contributed by atoms with Gasteiger partial charge in [0.25, 0.3) is 0 Å². The SMILES string of the molecule is N#CNC(=NCc1cccc(Cl)c1)Nc1cc(C(F)(F)F)cc(C(F)(F)F)c1. The number of nitriles is 1. The number of aliphatic imine (C=N–C) groups is 1. The first-order chi connectivity index (χ1) is 13.0. The van der Waals surface area contributed by atoms with E-state index >= 15 is 0 Å². The molecule has 148 valence electrons. The molecule has 0 heterocycles. The maximum Gasteiger partial charge on any atom is 0.416 e. The molecule has 28 heavy (non-hydrogen) atoms. The number of guanidine groups is 1. The highest BCUT2D eigenvalue weighted by Crippen LogP contribution is 2.37. The highest BCUT2D eigenvalue weighted by atomic mass is 35.5. The quantitative estimate of drug-likeness (QED) is 0.229. The zero-order chi connectivity index (χ0) is 20.9. The first kappa shape index (κ1) is 21.4. The molecule has 2 aromatic carbocycles. The van der Waals surface area contributed by atoms with Crippen molar-refractivity contribution in [3.8, 4) is 6.19 Å². The van der Waals surface area contributed by atoms with E-state index in [-0.39, 0.29) is 18.6 Å². The number of halogens is 7. The van der Waals surface area contributed by atoms with Crippen LogP contribution >= 0.6 is 11.6 Å². The van der Waals surface area contributed by atoms with E-state index in [0.717, 1.165) is 0 Å². The van der Waals surface area contributed by atoms with Crippen molar-refractivity contribution in [2.75, 3.05) is 5.32 Å². The fourth-order valence-corrected chi connectivity index (χ4v) is 2.35. The summed E-state index contributed by atoms with van der Waals surface area (Å²) in [4.78, 5) is 3.95. The third-order valence-corrected chi connectivity index (χ3v) is 3.57. The molecule has 0 saturated carbocycles. The van der Waals surface area contributed by atoms with Gasteiger partial charge in [-0.1, -0.05) is 23.7 Å². The number of rotatable bonds is 3. The van der Waals surface area contributed by atoms with E-state index in [1.54, 1.807) is 24.3 Å². The van der Waals surface area contributed by atoms with Crippen LogP contribution in [0.3, 0.4) is 0 Å². The minimum Gasteiger partial charge on any atom is -0.325 e. The van der Waals surface area contributed by atoms with Gasteiger partial charge in [0.05, 0.1) is 17.7 Å². The summed E-state index contributed by atoms with van der Waals surface area (Å²) in [5.74, 6) is -0.324. The number of nitrogens with zero attached hydrogens (tertiary/aromatic N) is 2. The van der Waals surface area contributed by atoms with Crippen LogP contribution in [0.15, 0.2) is 47.5 Å². The Kier molecular flexibility index (Phi) is 6.41. The summed E-state index contributed by atoms with van der Waals surface area (Å²) in [6.45, 7) is -0.0251. The van der Waals surface area contributed by atoms with E-state index in [1.807, 2.05) is 0 Å². The number of benzene rings is 2. The van der Waals surface area contributed by atoms with Crippen LogP contribution in [0.1, 0.15) is 16.7 Å². The first-order valence-corrected chi connectivity index (χ1v) is 7.87. The van der Waals surface area contributed by atoms with Gasteiger partial charge in [-0.25, -0.2) is 4.99 Å². The zero-order valence-electron chi connectivity index (χ0n) is 13.8. The Morgan fingerprint density at radius 3 is 2.11 bits per heavy atom. The molecule has 0 spiro atoms. The van der Waals surface area contributed by atoms with Crippen LogP contribution in [0.4, 0.5) is 32.0 Å². The van der Waals surface area contributed by atoms with Crippen molar-refractivity contribution in [3.63, 3.8) is 0 Å². The van der Waals surface area contributed by atoms with Gasteiger partial charge in [0.15, 0.2) is 6.19 Å². The van der Waals surface area contributed by atoms with Gasteiger partial charge < -0.3 is 5.32 Å². The second kappa shape index (κ2) is 8.39. The monoisotopic (exact) mass is 420 g/mol. The van der Waals surface area contributed by atoms with Gasteiger partial charge in [0.2, 0.25) is 5.96 Å². The lowest BCUT2D eigenvalue weighted by Crippen LogP contribution is -2.27. The second-order valence-corrected chi connectivity index (χ2v) is 5.89. The minimum absolute atomic E-state index is 0.00564. The van der Waals surface area contributed by atoms with E-state index in [1.165, 1.54) is 6.19 Å². The van der Waals surface area contributed by atoms with E-state index in [2.05, 4.69) is 15.6 Å². The normalized spacial score (nSPS) is 12.4. The lowest BCUT2D eigenvalue weighted by Gasteiger charge is -2.15. The summed E-state index contributed by atoms with van der Waals surface area (Å²) in [6.07, 6.45) is -8.46. The van der Waals surface area contributed by atoms with Gasteiger partial charge >= 0.3 is 12.4 Å². The number of nitrogens with one attached hydrogen (secondary N) is 2. The Morgan fingerprint density at radius 2 is 1.61 bits per heavy atom. The molecule has 0 amide bonds. The van der Waals surface area contributed by atoms with Gasteiger partial charge in [0.1, 0.15) is 0 Å². The lowest BCUT2D eigenvalue weighted by atomic mass is 10.1.